The van der Waals surface area contributed by atoms with Crippen molar-refractivity contribution < 1.29 is 13.3 Å². The molecule has 0 saturated carbocycles. The minimum atomic E-state index is -2.52. The standard InChI is InChI=1S/C13H31NO3Si/c1-6-12(2)13(10-8-7-9-11-14)18(15-3,16-4)17-5/h12-13H,6-11,14H2,1-5H3. The molecule has 5 heteroatoms. The Morgan fingerprint density at radius 3 is 1.94 bits per heavy atom. The minimum absolute atomic E-state index is 0.375. The molecule has 0 saturated heterocycles. The predicted octanol–water partition coefficient (Wildman–Crippen LogP) is 2.80. The molecule has 0 rings (SSSR count). The summed E-state index contributed by atoms with van der Waals surface area (Å²) in [5.74, 6) is 0.550. The van der Waals surface area contributed by atoms with E-state index in [4.69, 9.17) is 19.0 Å². The van der Waals surface area contributed by atoms with Gasteiger partial charge < -0.3 is 19.0 Å². The lowest BCUT2D eigenvalue weighted by Crippen LogP contribution is -2.49. The van der Waals surface area contributed by atoms with E-state index in [1.165, 1.54) is 6.42 Å². The van der Waals surface area contributed by atoms with Gasteiger partial charge in [-0.3, -0.25) is 0 Å². The lowest BCUT2D eigenvalue weighted by Gasteiger charge is -2.35. The quantitative estimate of drug-likeness (QED) is 0.466. The Morgan fingerprint density at radius 2 is 1.56 bits per heavy atom. The predicted molar refractivity (Wildman–Crippen MR) is 77.5 cm³/mol. The third kappa shape index (κ3) is 4.97. The molecule has 0 amide bonds. The summed E-state index contributed by atoms with van der Waals surface area (Å²) in [5.41, 5.74) is 5.91. The van der Waals surface area contributed by atoms with E-state index in [1.54, 1.807) is 21.3 Å². The van der Waals surface area contributed by atoms with Crippen LogP contribution in [-0.2, 0) is 13.3 Å². The molecule has 18 heavy (non-hydrogen) atoms. The van der Waals surface area contributed by atoms with Crippen LogP contribution in [0.4, 0.5) is 0 Å². The molecule has 0 radical (unpaired) electrons. The monoisotopic (exact) mass is 277 g/mol. The van der Waals surface area contributed by atoms with Crippen molar-refractivity contribution in [2.24, 2.45) is 11.7 Å². The number of nitrogens with two attached hydrogens (primary N) is 1. The van der Waals surface area contributed by atoms with E-state index in [1.807, 2.05) is 0 Å². The van der Waals surface area contributed by atoms with Crippen molar-refractivity contribution in [1.82, 2.24) is 0 Å². The van der Waals surface area contributed by atoms with Crippen LogP contribution in [0.5, 0.6) is 0 Å². The topological polar surface area (TPSA) is 53.7 Å². The van der Waals surface area contributed by atoms with E-state index in [2.05, 4.69) is 13.8 Å². The third-order valence-corrected chi connectivity index (χ3v) is 7.33. The highest BCUT2D eigenvalue weighted by atomic mass is 28.4. The van der Waals surface area contributed by atoms with Crippen molar-refractivity contribution in [3.05, 3.63) is 0 Å². The zero-order valence-electron chi connectivity index (χ0n) is 12.7. The van der Waals surface area contributed by atoms with Gasteiger partial charge in [-0.15, -0.1) is 0 Å². The summed E-state index contributed by atoms with van der Waals surface area (Å²) >= 11 is 0. The second-order valence-electron chi connectivity index (χ2n) is 4.85. The second-order valence-corrected chi connectivity index (χ2v) is 8.02. The highest BCUT2D eigenvalue weighted by molar-refractivity contribution is 6.62. The van der Waals surface area contributed by atoms with Crippen molar-refractivity contribution in [2.75, 3.05) is 27.9 Å². The molecule has 0 aromatic carbocycles. The molecule has 0 bridgehead atoms. The molecule has 2 unspecified atom stereocenters. The smallest absolute Gasteiger partial charge is 0.377 e. The average molecular weight is 277 g/mol. The first kappa shape index (κ1) is 18.1. The van der Waals surface area contributed by atoms with Crippen molar-refractivity contribution in [2.45, 2.75) is 51.5 Å². The van der Waals surface area contributed by atoms with Gasteiger partial charge in [0.2, 0.25) is 0 Å². The van der Waals surface area contributed by atoms with Crippen LogP contribution in [0.1, 0.15) is 46.0 Å². The van der Waals surface area contributed by atoms with Crippen LogP contribution >= 0.6 is 0 Å². The van der Waals surface area contributed by atoms with Gasteiger partial charge in [0.15, 0.2) is 0 Å². The fourth-order valence-electron chi connectivity index (χ4n) is 2.48. The average Bonchev–Trinajstić information content (AvgIpc) is 2.42. The molecule has 0 aliphatic rings. The molecule has 0 heterocycles. The first-order chi connectivity index (χ1) is 8.61. The van der Waals surface area contributed by atoms with Crippen LogP contribution in [-0.4, -0.2) is 36.7 Å². The zero-order chi connectivity index (χ0) is 14.0. The summed E-state index contributed by atoms with van der Waals surface area (Å²) < 4.78 is 16.9. The Labute approximate surface area is 114 Å². The Hall–Kier alpha value is 0.0569. The van der Waals surface area contributed by atoms with Gasteiger partial charge in [0, 0.05) is 26.9 Å². The molecular weight excluding hydrogens is 246 g/mol. The van der Waals surface area contributed by atoms with Crippen LogP contribution in [0.15, 0.2) is 0 Å². The van der Waals surface area contributed by atoms with Gasteiger partial charge in [0.05, 0.1) is 0 Å². The van der Waals surface area contributed by atoms with Gasteiger partial charge in [-0.2, -0.15) is 0 Å². The Kier molecular flexibility index (Phi) is 9.95. The zero-order valence-corrected chi connectivity index (χ0v) is 13.7. The maximum atomic E-state index is 5.65. The highest BCUT2D eigenvalue weighted by Gasteiger charge is 2.48. The number of hydrogen-bond acceptors (Lipinski definition) is 4. The second kappa shape index (κ2) is 9.92. The highest BCUT2D eigenvalue weighted by Crippen LogP contribution is 2.37. The lowest BCUT2D eigenvalue weighted by molar-refractivity contribution is 0.0995. The van der Waals surface area contributed by atoms with E-state index in [-0.39, 0.29) is 0 Å². The molecule has 0 aromatic heterocycles. The lowest BCUT2D eigenvalue weighted by atomic mass is 9.99. The van der Waals surface area contributed by atoms with Crippen LogP contribution in [0.25, 0.3) is 0 Å². The summed E-state index contributed by atoms with van der Waals surface area (Å²) in [6, 6.07) is 0. The summed E-state index contributed by atoms with van der Waals surface area (Å²) in [5, 5.41) is 0. The van der Waals surface area contributed by atoms with Gasteiger partial charge in [-0.1, -0.05) is 33.1 Å². The molecule has 4 nitrogen and oxygen atoms in total. The van der Waals surface area contributed by atoms with E-state index < -0.39 is 8.80 Å². The van der Waals surface area contributed by atoms with E-state index in [0.29, 0.717) is 11.5 Å². The summed E-state index contributed by atoms with van der Waals surface area (Å²) in [6.07, 6.45) is 5.64. The molecule has 0 spiro atoms. The summed E-state index contributed by atoms with van der Waals surface area (Å²) in [4.78, 5) is 0. The Balaban J connectivity index is 4.63. The number of hydrogen-bond donors (Lipinski definition) is 1. The summed E-state index contributed by atoms with van der Waals surface area (Å²) in [6.45, 7) is 5.24. The molecule has 2 N–H and O–H groups in total. The van der Waals surface area contributed by atoms with Crippen molar-refractivity contribution in [3.8, 4) is 0 Å². The molecule has 0 aromatic rings. The summed E-state index contributed by atoms with van der Waals surface area (Å²) in [7, 11) is 2.59. The molecule has 0 fully saturated rings. The van der Waals surface area contributed by atoms with Crippen LogP contribution in [0.2, 0.25) is 5.54 Å². The molecule has 0 aliphatic carbocycles. The first-order valence-corrected chi connectivity index (χ1v) is 8.77. The SMILES string of the molecule is CCC(C)C(CCCCCN)[Si](OC)(OC)OC. The Morgan fingerprint density at radius 1 is 1.00 bits per heavy atom. The minimum Gasteiger partial charge on any atom is -0.377 e. The molecule has 2 atom stereocenters. The third-order valence-electron chi connectivity index (χ3n) is 3.86. The van der Waals surface area contributed by atoms with Crippen LogP contribution in [0, 0.1) is 5.92 Å². The molecule has 0 aliphatic heterocycles. The van der Waals surface area contributed by atoms with Crippen molar-refractivity contribution >= 4 is 8.80 Å². The van der Waals surface area contributed by atoms with E-state index in [0.717, 1.165) is 32.2 Å². The normalized spacial score (nSPS) is 15.7. The van der Waals surface area contributed by atoms with Crippen molar-refractivity contribution in [3.63, 3.8) is 0 Å². The maximum absolute atomic E-state index is 5.65. The van der Waals surface area contributed by atoms with Gasteiger partial charge in [-0.05, 0) is 25.3 Å². The van der Waals surface area contributed by atoms with E-state index in [9.17, 15) is 0 Å². The van der Waals surface area contributed by atoms with Gasteiger partial charge >= 0.3 is 8.80 Å². The fraction of sp³-hybridized carbons (Fsp3) is 1.00. The van der Waals surface area contributed by atoms with Gasteiger partial charge in [0.25, 0.3) is 0 Å². The largest absolute Gasteiger partial charge is 0.503 e. The van der Waals surface area contributed by atoms with Gasteiger partial charge in [0.1, 0.15) is 0 Å². The molecule has 110 valence electrons. The van der Waals surface area contributed by atoms with E-state index >= 15 is 0 Å². The van der Waals surface area contributed by atoms with Crippen LogP contribution < -0.4 is 5.73 Å². The maximum Gasteiger partial charge on any atom is 0.503 e. The van der Waals surface area contributed by atoms with Crippen LogP contribution in [0.3, 0.4) is 0 Å². The Bertz CT molecular complexity index is 192. The number of unbranched alkanes of at least 4 members (excludes halogenated alkanes) is 2. The first-order valence-electron chi connectivity index (χ1n) is 6.97. The van der Waals surface area contributed by atoms with Crippen molar-refractivity contribution in [1.29, 1.82) is 0 Å². The fourth-order valence-corrected chi connectivity index (χ4v) is 5.38. The molecular formula is C13H31NO3Si. The van der Waals surface area contributed by atoms with Gasteiger partial charge in [-0.25, -0.2) is 0 Å². The number of rotatable bonds is 11.